The van der Waals surface area contributed by atoms with Gasteiger partial charge in [0.15, 0.2) is 11.3 Å². The fraction of sp³-hybridized carbons (Fsp3) is 0.364. The zero-order valence-corrected chi connectivity index (χ0v) is 9.09. The first-order valence-corrected chi connectivity index (χ1v) is 5.52. The molecular formula is C11H12N4O2. The van der Waals surface area contributed by atoms with Crippen molar-refractivity contribution < 1.29 is 4.52 Å². The molecule has 0 amide bonds. The molecule has 1 aliphatic carbocycles. The lowest BCUT2D eigenvalue weighted by molar-refractivity contribution is 0.411. The van der Waals surface area contributed by atoms with Gasteiger partial charge in [-0.3, -0.25) is 4.79 Å². The van der Waals surface area contributed by atoms with Crippen molar-refractivity contribution in [3.63, 3.8) is 0 Å². The van der Waals surface area contributed by atoms with Crippen LogP contribution in [0.4, 0.5) is 0 Å². The summed E-state index contributed by atoms with van der Waals surface area (Å²) in [6.45, 7) is 0. The molecule has 1 aliphatic rings. The molecule has 0 bridgehead atoms. The number of pyridine rings is 1. The van der Waals surface area contributed by atoms with E-state index in [9.17, 15) is 4.79 Å². The van der Waals surface area contributed by atoms with Gasteiger partial charge in [-0.2, -0.15) is 4.98 Å². The standard InChI is InChI=1S/C11H12N4O2/c12-9(6-1-2-6)10-14-11(17-15-10)7-5-13-4-3-8(7)16/h3-6,9H,1-2,12H2,(H,13,16). The molecule has 1 saturated carbocycles. The van der Waals surface area contributed by atoms with Gasteiger partial charge in [0.2, 0.25) is 0 Å². The van der Waals surface area contributed by atoms with Crippen LogP contribution in [0.5, 0.6) is 0 Å². The largest absolute Gasteiger partial charge is 0.367 e. The number of rotatable bonds is 3. The number of hydrogen-bond donors (Lipinski definition) is 2. The fourth-order valence-electron chi connectivity index (χ4n) is 1.73. The molecule has 1 fully saturated rings. The molecule has 2 heterocycles. The highest BCUT2D eigenvalue weighted by atomic mass is 16.5. The molecule has 2 aromatic heterocycles. The minimum atomic E-state index is -0.185. The van der Waals surface area contributed by atoms with Crippen LogP contribution in [0.3, 0.4) is 0 Å². The summed E-state index contributed by atoms with van der Waals surface area (Å²) in [7, 11) is 0. The number of nitrogens with one attached hydrogen (secondary N) is 1. The van der Waals surface area contributed by atoms with Gasteiger partial charge in [-0.15, -0.1) is 0 Å². The average molecular weight is 232 g/mol. The maximum Gasteiger partial charge on any atom is 0.263 e. The third-order valence-corrected chi connectivity index (χ3v) is 2.92. The Kier molecular flexibility index (Phi) is 2.29. The Morgan fingerprint density at radius 3 is 3.06 bits per heavy atom. The van der Waals surface area contributed by atoms with Crippen LogP contribution in [0.2, 0.25) is 0 Å². The van der Waals surface area contributed by atoms with Gasteiger partial charge in [0.1, 0.15) is 5.56 Å². The molecule has 6 nitrogen and oxygen atoms in total. The van der Waals surface area contributed by atoms with Gasteiger partial charge in [-0.25, -0.2) is 0 Å². The van der Waals surface area contributed by atoms with E-state index in [-0.39, 0.29) is 17.4 Å². The van der Waals surface area contributed by atoms with E-state index < -0.39 is 0 Å². The van der Waals surface area contributed by atoms with Crippen LogP contribution in [0.1, 0.15) is 24.7 Å². The fourth-order valence-corrected chi connectivity index (χ4v) is 1.73. The molecule has 0 aromatic carbocycles. The minimum absolute atomic E-state index is 0.154. The van der Waals surface area contributed by atoms with Crippen molar-refractivity contribution in [3.05, 3.63) is 34.5 Å². The monoisotopic (exact) mass is 232 g/mol. The Labute approximate surface area is 96.8 Å². The van der Waals surface area contributed by atoms with Crippen LogP contribution in [0.25, 0.3) is 11.5 Å². The molecule has 0 radical (unpaired) electrons. The van der Waals surface area contributed by atoms with Crippen molar-refractivity contribution in [1.82, 2.24) is 15.1 Å². The highest BCUT2D eigenvalue weighted by molar-refractivity contribution is 5.50. The molecule has 17 heavy (non-hydrogen) atoms. The molecule has 1 unspecified atom stereocenters. The van der Waals surface area contributed by atoms with Gasteiger partial charge in [0.05, 0.1) is 6.04 Å². The van der Waals surface area contributed by atoms with Crippen LogP contribution < -0.4 is 11.2 Å². The molecule has 6 heteroatoms. The Bertz CT molecular complexity index is 585. The molecule has 0 aliphatic heterocycles. The number of aromatic amines is 1. The summed E-state index contributed by atoms with van der Waals surface area (Å²) in [5, 5.41) is 3.83. The van der Waals surface area contributed by atoms with E-state index in [1.54, 1.807) is 12.4 Å². The Morgan fingerprint density at radius 2 is 2.35 bits per heavy atom. The first kappa shape index (κ1) is 10.2. The summed E-state index contributed by atoms with van der Waals surface area (Å²) in [6.07, 6.45) is 5.31. The highest BCUT2D eigenvalue weighted by Gasteiger charge is 2.32. The molecule has 0 saturated heterocycles. The SMILES string of the molecule is NC(c1noc(-c2c[nH]ccc2=O)n1)C1CC1. The van der Waals surface area contributed by atoms with Crippen molar-refractivity contribution in [3.8, 4) is 11.5 Å². The lowest BCUT2D eigenvalue weighted by Gasteiger charge is -2.01. The summed E-state index contributed by atoms with van der Waals surface area (Å²) in [6, 6.07) is 1.23. The van der Waals surface area contributed by atoms with Crippen LogP contribution >= 0.6 is 0 Å². The molecule has 2 aromatic rings. The van der Waals surface area contributed by atoms with Crippen molar-refractivity contribution in [1.29, 1.82) is 0 Å². The van der Waals surface area contributed by atoms with Crippen LogP contribution in [-0.2, 0) is 0 Å². The normalized spacial score (nSPS) is 17.0. The smallest absolute Gasteiger partial charge is 0.263 e. The number of hydrogen-bond acceptors (Lipinski definition) is 5. The average Bonchev–Trinajstić information content (AvgIpc) is 3.07. The summed E-state index contributed by atoms with van der Waals surface area (Å²) in [4.78, 5) is 18.6. The minimum Gasteiger partial charge on any atom is -0.367 e. The van der Waals surface area contributed by atoms with E-state index in [4.69, 9.17) is 10.3 Å². The summed E-state index contributed by atoms with van der Waals surface area (Å²) < 4.78 is 5.07. The van der Waals surface area contributed by atoms with Gasteiger partial charge < -0.3 is 15.2 Å². The van der Waals surface area contributed by atoms with E-state index in [1.165, 1.54) is 6.07 Å². The van der Waals surface area contributed by atoms with Crippen LogP contribution in [0.15, 0.2) is 27.8 Å². The van der Waals surface area contributed by atoms with Gasteiger partial charge in [0.25, 0.3) is 5.89 Å². The second-order valence-electron chi connectivity index (χ2n) is 4.24. The number of nitrogens with two attached hydrogens (primary N) is 1. The number of H-pyrrole nitrogens is 1. The van der Waals surface area contributed by atoms with Crippen molar-refractivity contribution in [2.45, 2.75) is 18.9 Å². The Hall–Kier alpha value is -1.95. The van der Waals surface area contributed by atoms with E-state index in [2.05, 4.69) is 15.1 Å². The second-order valence-corrected chi connectivity index (χ2v) is 4.24. The molecule has 0 spiro atoms. The van der Waals surface area contributed by atoms with Crippen molar-refractivity contribution in [2.24, 2.45) is 11.7 Å². The second kappa shape index (κ2) is 3.81. The lowest BCUT2D eigenvalue weighted by Crippen LogP contribution is -2.14. The first-order chi connectivity index (χ1) is 8.25. The van der Waals surface area contributed by atoms with Gasteiger partial charge >= 0.3 is 0 Å². The first-order valence-electron chi connectivity index (χ1n) is 5.52. The summed E-state index contributed by atoms with van der Waals surface area (Å²) >= 11 is 0. The van der Waals surface area contributed by atoms with E-state index >= 15 is 0 Å². The Morgan fingerprint density at radius 1 is 1.53 bits per heavy atom. The van der Waals surface area contributed by atoms with Crippen LogP contribution in [0, 0.1) is 5.92 Å². The summed E-state index contributed by atoms with van der Waals surface area (Å²) in [5.74, 6) is 1.15. The van der Waals surface area contributed by atoms with Crippen LogP contribution in [-0.4, -0.2) is 15.1 Å². The molecule has 88 valence electrons. The maximum absolute atomic E-state index is 11.6. The molecule has 3 rings (SSSR count). The van der Waals surface area contributed by atoms with E-state index in [1.807, 2.05) is 0 Å². The highest BCUT2D eigenvalue weighted by Crippen LogP contribution is 2.38. The number of aromatic nitrogens is 3. The van der Waals surface area contributed by atoms with Gasteiger partial charge in [-0.1, -0.05) is 5.16 Å². The summed E-state index contributed by atoms with van der Waals surface area (Å²) in [5.41, 5.74) is 6.17. The predicted octanol–water partition coefficient (Wildman–Crippen LogP) is 0.835. The molecule has 1 atom stereocenters. The number of nitrogens with zero attached hydrogens (tertiary/aromatic N) is 2. The van der Waals surface area contributed by atoms with Gasteiger partial charge in [-0.05, 0) is 18.8 Å². The van der Waals surface area contributed by atoms with E-state index in [0.29, 0.717) is 17.3 Å². The quantitative estimate of drug-likeness (QED) is 0.816. The zero-order valence-electron chi connectivity index (χ0n) is 9.09. The van der Waals surface area contributed by atoms with E-state index in [0.717, 1.165) is 12.8 Å². The molecular weight excluding hydrogens is 220 g/mol. The van der Waals surface area contributed by atoms with Crippen molar-refractivity contribution >= 4 is 0 Å². The topological polar surface area (TPSA) is 97.8 Å². The maximum atomic E-state index is 11.6. The van der Waals surface area contributed by atoms with Gasteiger partial charge in [0, 0.05) is 18.5 Å². The third kappa shape index (κ3) is 1.87. The lowest BCUT2D eigenvalue weighted by atomic mass is 10.2. The third-order valence-electron chi connectivity index (χ3n) is 2.92. The molecule has 3 N–H and O–H groups in total. The zero-order chi connectivity index (χ0) is 11.8. The van der Waals surface area contributed by atoms with Crippen molar-refractivity contribution in [2.75, 3.05) is 0 Å². The predicted molar refractivity (Wildman–Crippen MR) is 60.0 cm³/mol. The Balaban J connectivity index is 1.94.